The van der Waals surface area contributed by atoms with E-state index in [4.69, 9.17) is 23.9 Å². The summed E-state index contributed by atoms with van der Waals surface area (Å²) in [7, 11) is 1.57. The molecule has 5 rings (SSSR count). The number of nitrogens with zero attached hydrogens (tertiary/aromatic N) is 2. The van der Waals surface area contributed by atoms with Gasteiger partial charge in [-0.3, -0.25) is 9.36 Å². The minimum absolute atomic E-state index is 0.0874. The Bertz CT molecular complexity index is 1580. The summed E-state index contributed by atoms with van der Waals surface area (Å²) in [4.78, 5) is 32.0. The highest BCUT2D eigenvalue weighted by molar-refractivity contribution is 7.98. The van der Waals surface area contributed by atoms with E-state index in [2.05, 4.69) is 0 Å². The van der Waals surface area contributed by atoms with Crippen LogP contribution in [-0.4, -0.2) is 36.0 Å². The zero-order valence-electron chi connectivity index (χ0n) is 21.0. The van der Waals surface area contributed by atoms with E-state index in [1.165, 1.54) is 23.9 Å². The fourth-order valence-corrected chi connectivity index (χ4v) is 6.43. The van der Waals surface area contributed by atoms with Gasteiger partial charge in [0.1, 0.15) is 27.0 Å². The van der Waals surface area contributed by atoms with Gasteiger partial charge in [0.15, 0.2) is 11.9 Å². The minimum atomic E-state index is -0.483. The van der Waals surface area contributed by atoms with Crippen molar-refractivity contribution in [1.29, 1.82) is 0 Å². The van der Waals surface area contributed by atoms with Crippen LogP contribution < -0.4 is 15.0 Å². The number of fused-ring (bicyclic) bond motifs is 2. The molecule has 3 heterocycles. The molecule has 38 heavy (non-hydrogen) atoms. The van der Waals surface area contributed by atoms with Crippen molar-refractivity contribution in [1.82, 2.24) is 9.55 Å². The quantitative estimate of drug-likeness (QED) is 0.164. The van der Waals surface area contributed by atoms with Crippen molar-refractivity contribution in [3.05, 3.63) is 79.7 Å². The molecule has 198 valence electrons. The van der Waals surface area contributed by atoms with E-state index in [1.54, 1.807) is 25.5 Å². The highest BCUT2D eigenvalue weighted by Gasteiger charge is 2.24. The lowest BCUT2D eigenvalue weighted by atomic mass is 10.1. The SMILES string of the molecule is CCOC(=O)c1sc2nc(SCc3cc(F)cc4c3OCOC4)n(Cc3ccccc3OC)c(=O)c2c1C. The number of esters is 1. The third-order valence-electron chi connectivity index (χ3n) is 6.11. The van der Waals surface area contributed by atoms with E-state index >= 15 is 0 Å². The van der Waals surface area contributed by atoms with Gasteiger partial charge in [-0.1, -0.05) is 30.0 Å². The first kappa shape index (κ1) is 26.2. The maximum absolute atomic E-state index is 14.3. The van der Waals surface area contributed by atoms with E-state index in [-0.39, 0.29) is 32.1 Å². The predicted molar refractivity (Wildman–Crippen MR) is 143 cm³/mol. The zero-order valence-corrected chi connectivity index (χ0v) is 22.7. The number of hydrogen-bond donors (Lipinski definition) is 0. The zero-order chi connectivity index (χ0) is 26.8. The molecule has 0 N–H and O–H groups in total. The molecule has 4 aromatic rings. The summed E-state index contributed by atoms with van der Waals surface area (Å²) in [5.41, 5.74) is 2.33. The first-order valence-corrected chi connectivity index (χ1v) is 13.7. The minimum Gasteiger partial charge on any atom is -0.496 e. The fraction of sp³-hybridized carbons (Fsp3) is 0.296. The first-order chi connectivity index (χ1) is 18.4. The van der Waals surface area contributed by atoms with E-state index < -0.39 is 11.8 Å². The van der Waals surface area contributed by atoms with Crippen LogP contribution in [0, 0.1) is 12.7 Å². The van der Waals surface area contributed by atoms with Crippen molar-refractivity contribution in [2.45, 2.75) is 37.9 Å². The highest BCUT2D eigenvalue weighted by atomic mass is 32.2. The normalized spacial score (nSPS) is 12.7. The molecule has 0 amide bonds. The fourth-order valence-electron chi connectivity index (χ4n) is 4.35. The molecule has 2 aromatic heterocycles. The van der Waals surface area contributed by atoms with Crippen LogP contribution in [0.5, 0.6) is 11.5 Å². The van der Waals surface area contributed by atoms with Crippen LogP contribution in [0.2, 0.25) is 0 Å². The second-order valence-electron chi connectivity index (χ2n) is 8.51. The van der Waals surface area contributed by atoms with E-state index in [0.717, 1.165) is 16.9 Å². The van der Waals surface area contributed by atoms with Crippen LogP contribution in [0.1, 0.15) is 38.8 Å². The van der Waals surface area contributed by atoms with E-state index in [9.17, 15) is 14.0 Å². The summed E-state index contributed by atoms with van der Waals surface area (Å²) < 4.78 is 37.5. The Labute approximate surface area is 226 Å². The van der Waals surface area contributed by atoms with Crippen molar-refractivity contribution in [2.24, 2.45) is 0 Å². The van der Waals surface area contributed by atoms with Gasteiger partial charge in [0, 0.05) is 22.4 Å². The smallest absolute Gasteiger partial charge is 0.348 e. The maximum atomic E-state index is 14.3. The molecule has 0 atom stereocenters. The average Bonchev–Trinajstić information content (AvgIpc) is 3.25. The summed E-state index contributed by atoms with van der Waals surface area (Å²) in [6, 6.07) is 10.3. The predicted octanol–water partition coefficient (Wildman–Crippen LogP) is 5.30. The van der Waals surface area contributed by atoms with Crippen LogP contribution in [0.4, 0.5) is 4.39 Å². The molecule has 0 spiro atoms. The van der Waals surface area contributed by atoms with Crippen LogP contribution in [0.15, 0.2) is 46.3 Å². The van der Waals surface area contributed by atoms with Gasteiger partial charge in [-0.25, -0.2) is 14.2 Å². The third kappa shape index (κ3) is 5.01. The molecule has 11 heteroatoms. The molecule has 0 saturated heterocycles. The molecule has 0 unspecified atom stereocenters. The van der Waals surface area contributed by atoms with Crippen LogP contribution >= 0.6 is 23.1 Å². The summed E-state index contributed by atoms with van der Waals surface area (Å²) in [5.74, 6) is 0.651. The maximum Gasteiger partial charge on any atom is 0.348 e. The van der Waals surface area contributed by atoms with E-state index in [1.807, 2.05) is 24.3 Å². The molecule has 0 aliphatic carbocycles. The Kier molecular flexibility index (Phi) is 7.68. The number of benzene rings is 2. The Hall–Kier alpha value is -3.41. The summed E-state index contributed by atoms with van der Waals surface area (Å²) in [6.07, 6.45) is 0. The third-order valence-corrected chi connectivity index (χ3v) is 8.30. The summed E-state index contributed by atoms with van der Waals surface area (Å²) in [5, 5.41) is 0.802. The molecular weight excluding hydrogens is 531 g/mol. The van der Waals surface area contributed by atoms with Gasteiger partial charge in [-0.2, -0.15) is 0 Å². The standard InChI is InChI=1S/C27H25FN2O6S2/c1-4-35-26(32)23-15(2)21-24(38-23)29-27(30(25(21)31)11-16-7-5-6-8-20(16)33-3)37-13-18-10-19(28)9-17-12-34-14-36-22(17)18/h5-10H,4,11-14H2,1-3H3. The molecule has 0 radical (unpaired) electrons. The van der Waals surface area contributed by atoms with Crippen LogP contribution in [-0.2, 0) is 28.4 Å². The number of hydrogen-bond acceptors (Lipinski definition) is 9. The number of thiophene rings is 1. The van der Waals surface area contributed by atoms with Gasteiger partial charge >= 0.3 is 5.97 Å². The number of ether oxygens (including phenoxy) is 4. The highest BCUT2D eigenvalue weighted by Crippen LogP contribution is 2.35. The van der Waals surface area contributed by atoms with Crippen molar-refractivity contribution >= 4 is 39.3 Å². The molecule has 2 aromatic carbocycles. The van der Waals surface area contributed by atoms with Gasteiger partial charge in [-0.15, -0.1) is 11.3 Å². The number of carbonyl (C=O) groups excluding carboxylic acids is 1. The second kappa shape index (κ2) is 11.1. The second-order valence-corrected chi connectivity index (χ2v) is 10.4. The number of halogens is 1. The van der Waals surface area contributed by atoms with Crippen molar-refractivity contribution in [2.75, 3.05) is 20.5 Å². The monoisotopic (exact) mass is 556 g/mol. The lowest BCUT2D eigenvalue weighted by Crippen LogP contribution is -2.24. The molecule has 1 aliphatic rings. The van der Waals surface area contributed by atoms with E-state index in [0.29, 0.717) is 54.2 Å². The Morgan fingerprint density at radius 1 is 1.26 bits per heavy atom. The van der Waals surface area contributed by atoms with Gasteiger partial charge in [-0.05, 0) is 37.6 Å². The molecule has 8 nitrogen and oxygen atoms in total. The molecule has 0 saturated carbocycles. The molecule has 1 aliphatic heterocycles. The topological polar surface area (TPSA) is 88.9 Å². The lowest BCUT2D eigenvalue weighted by Gasteiger charge is -2.21. The molecular formula is C27H25FN2O6S2. The molecule has 0 bridgehead atoms. The average molecular weight is 557 g/mol. The number of para-hydroxylation sites is 1. The summed E-state index contributed by atoms with van der Waals surface area (Å²) >= 11 is 2.42. The number of aromatic nitrogens is 2. The number of aryl methyl sites for hydroxylation is 1. The Morgan fingerprint density at radius 3 is 2.87 bits per heavy atom. The Morgan fingerprint density at radius 2 is 2.08 bits per heavy atom. The van der Waals surface area contributed by atoms with Crippen LogP contribution in [0.3, 0.4) is 0 Å². The number of methoxy groups -OCH3 is 1. The Balaban J connectivity index is 1.61. The van der Waals surface area contributed by atoms with Gasteiger partial charge in [0.25, 0.3) is 5.56 Å². The number of rotatable bonds is 8. The summed E-state index contributed by atoms with van der Waals surface area (Å²) in [6.45, 7) is 4.23. The molecule has 0 fully saturated rings. The van der Waals surface area contributed by atoms with Crippen molar-refractivity contribution in [3.8, 4) is 11.5 Å². The van der Waals surface area contributed by atoms with Crippen LogP contribution in [0.25, 0.3) is 10.2 Å². The largest absolute Gasteiger partial charge is 0.496 e. The van der Waals surface area contributed by atoms with Gasteiger partial charge < -0.3 is 18.9 Å². The van der Waals surface area contributed by atoms with Gasteiger partial charge in [0.05, 0.1) is 32.3 Å². The number of thioether (sulfide) groups is 1. The lowest BCUT2D eigenvalue weighted by molar-refractivity contribution is -0.0171. The van der Waals surface area contributed by atoms with Crippen molar-refractivity contribution in [3.63, 3.8) is 0 Å². The first-order valence-electron chi connectivity index (χ1n) is 11.9. The van der Waals surface area contributed by atoms with Gasteiger partial charge in [0.2, 0.25) is 0 Å². The van der Waals surface area contributed by atoms with Crippen molar-refractivity contribution < 1.29 is 28.1 Å². The number of carbonyl (C=O) groups is 1.